The Labute approximate surface area is 116 Å². The van der Waals surface area contributed by atoms with Gasteiger partial charge in [-0.2, -0.15) is 0 Å². The number of hydrogen-bond donors (Lipinski definition) is 1. The van der Waals surface area contributed by atoms with Crippen LogP contribution in [0, 0.1) is 0 Å². The van der Waals surface area contributed by atoms with Gasteiger partial charge in [0.1, 0.15) is 4.60 Å². The van der Waals surface area contributed by atoms with E-state index in [4.69, 9.17) is 4.98 Å². The number of nitrogens with zero attached hydrogens (tertiary/aromatic N) is 1. The Morgan fingerprint density at radius 2 is 2.11 bits per heavy atom. The highest BCUT2D eigenvalue weighted by molar-refractivity contribution is 9.10. The average Bonchev–Trinajstić information content (AvgIpc) is 2.33. The number of hydrogen-bond acceptors (Lipinski definition) is 2. The Morgan fingerprint density at radius 3 is 2.78 bits per heavy atom. The number of fused-ring (bicyclic) bond motifs is 1. The van der Waals surface area contributed by atoms with E-state index in [0.29, 0.717) is 0 Å². The van der Waals surface area contributed by atoms with Crippen LogP contribution in [0.4, 0.5) is 0 Å². The largest absolute Gasteiger partial charge is 0.319 e. The monoisotopic (exact) mass is 304 g/mol. The summed E-state index contributed by atoms with van der Waals surface area (Å²) < 4.78 is 1.01. The first kappa shape index (κ1) is 12.1. The molecule has 18 heavy (non-hydrogen) atoms. The first-order chi connectivity index (χ1) is 8.75. The van der Waals surface area contributed by atoms with Gasteiger partial charge < -0.3 is 5.32 Å². The van der Waals surface area contributed by atoms with Gasteiger partial charge in [0.25, 0.3) is 0 Å². The van der Waals surface area contributed by atoms with Crippen LogP contribution >= 0.6 is 15.9 Å². The van der Waals surface area contributed by atoms with Gasteiger partial charge in [-0.3, -0.25) is 0 Å². The zero-order chi connectivity index (χ0) is 12.6. The predicted molar refractivity (Wildman–Crippen MR) is 78.9 cm³/mol. The Balaban J connectivity index is 2.13. The number of nitrogens with one attached hydrogen (secondary N) is 1. The molecule has 1 saturated carbocycles. The Hall–Kier alpha value is -0.930. The Morgan fingerprint density at radius 1 is 1.33 bits per heavy atom. The van der Waals surface area contributed by atoms with Crippen molar-refractivity contribution in [3.8, 4) is 0 Å². The quantitative estimate of drug-likeness (QED) is 0.876. The topological polar surface area (TPSA) is 24.9 Å². The second kappa shape index (κ2) is 4.63. The lowest BCUT2D eigenvalue weighted by Gasteiger charge is -2.42. The van der Waals surface area contributed by atoms with E-state index in [0.717, 1.165) is 16.7 Å². The maximum absolute atomic E-state index is 4.69. The summed E-state index contributed by atoms with van der Waals surface area (Å²) >= 11 is 3.66. The average molecular weight is 305 g/mol. The fourth-order valence-electron chi connectivity index (χ4n) is 2.95. The lowest BCUT2D eigenvalue weighted by molar-refractivity contribution is 0.237. The van der Waals surface area contributed by atoms with Crippen LogP contribution in [0.1, 0.15) is 24.8 Å². The number of rotatable bonds is 3. The lowest BCUT2D eigenvalue weighted by atomic mass is 9.64. The van der Waals surface area contributed by atoms with E-state index in [1.807, 2.05) is 13.1 Å². The Bertz CT molecular complexity index is 576. The SMILES string of the molecule is CNCC1(c2cc3ccccc3nc2Br)CCC1. The van der Waals surface area contributed by atoms with Gasteiger partial charge in [0.2, 0.25) is 0 Å². The van der Waals surface area contributed by atoms with Crippen LogP contribution in [0.15, 0.2) is 34.9 Å². The van der Waals surface area contributed by atoms with Crippen molar-refractivity contribution in [1.82, 2.24) is 10.3 Å². The fraction of sp³-hybridized carbons (Fsp3) is 0.400. The van der Waals surface area contributed by atoms with Gasteiger partial charge in [-0.1, -0.05) is 24.6 Å². The van der Waals surface area contributed by atoms with Crippen LogP contribution < -0.4 is 5.32 Å². The molecule has 2 aromatic rings. The molecule has 1 aliphatic carbocycles. The minimum Gasteiger partial charge on any atom is -0.319 e. The predicted octanol–water partition coefficient (Wildman–Crippen LogP) is 3.64. The van der Waals surface area contributed by atoms with Crippen molar-refractivity contribution in [3.63, 3.8) is 0 Å². The van der Waals surface area contributed by atoms with Gasteiger partial charge in [0.05, 0.1) is 5.52 Å². The minimum atomic E-state index is 0.282. The molecule has 94 valence electrons. The smallest absolute Gasteiger partial charge is 0.110 e. The van der Waals surface area contributed by atoms with E-state index in [1.165, 1.54) is 30.2 Å². The summed E-state index contributed by atoms with van der Waals surface area (Å²) in [5.41, 5.74) is 2.71. The number of halogens is 1. The van der Waals surface area contributed by atoms with Gasteiger partial charge in [-0.25, -0.2) is 4.98 Å². The van der Waals surface area contributed by atoms with Crippen LogP contribution in [0.25, 0.3) is 10.9 Å². The van der Waals surface area contributed by atoms with E-state index in [2.05, 4.69) is 45.5 Å². The molecular formula is C15H17BrN2. The van der Waals surface area contributed by atoms with E-state index in [-0.39, 0.29) is 5.41 Å². The summed E-state index contributed by atoms with van der Waals surface area (Å²) in [6, 6.07) is 10.6. The molecule has 1 aliphatic rings. The summed E-state index contributed by atoms with van der Waals surface area (Å²) in [6.07, 6.45) is 3.83. The van der Waals surface area contributed by atoms with Crippen LogP contribution in [0.2, 0.25) is 0 Å². The second-order valence-corrected chi connectivity index (χ2v) is 5.93. The first-order valence-electron chi connectivity index (χ1n) is 6.46. The molecule has 1 heterocycles. The molecule has 0 radical (unpaired) electrons. The molecule has 1 aromatic heterocycles. The normalized spacial score (nSPS) is 17.7. The molecule has 3 rings (SSSR count). The van der Waals surface area contributed by atoms with E-state index in [9.17, 15) is 0 Å². The molecule has 2 nitrogen and oxygen atoms in total. The molecule has 0 unspecified atom stereocenters. The summed E-state index contributed by atoms with van der Waals surface area (Å²) in [6.45, 7) is 1.03. The lowest BCUT2D eigenvalue weighted by Crippen LogP contribution is -2.43. The highest BCUT2D eigenvalue weighted by atomic mass is 79.9. The number of aromatic nitrogens is 1. The van der Waals surface area contributed by atoms with Crippen LogP contribution in [-0.2, 0) is 5.41 Å². The van der Waals surface area contributed by atoms with E-state index < -0.39 is 0 Å². The maximum Gasteiger partial charge on any atom is 0.110 e. The van der Waals surface area contributed by atoms with Crippen LogP contribution in [0.3, 0.4) is 0 Å². The number of para-hydroxylation sites is 1. The standard InChI is InChI=1S/C15H17BrN2/c1-17-10-15(7-4-8-15)12-9-11-5-2-3-6-13(11)18-14(12)16/h2-3,5-6,9,17H,4,7-8,10H2,1H3. The van der Waals surface area contributed by atoms with Crippen LogP contribution in [0.5, 0.6) is 0 Å². The number of benzene rings is 1. The van der Waals surface area contributed by atoms with Gasteiger partial charge >= 0.3 is 0 Å². The molecule has 1 aromatic carbocycles. The maximum atomic E-state index is 4.69. The van der Waals surface area contributed by atoms with Gasteiger partial charge in [0.15, 0.2) is 0 Å². The molecule has 1 fully saturated rings. The molecule has 0 bridgehead atoms. The molecule has 0 amide bonds. The van der Waals surface area contributed by atoms with Crippen molar-refractivity contribution in [3.05, 3.63) is 40.5 Å². The summed E-state index contributed by atoms with van der Waals surface area (Å²) in [7, 11) is 2.03. The van der Waals surface area contributed by atoms with E-state index in [1.54, 1.807) is 0 Å². The van der Waals surface area contributed by atoms with Crippen molar-refractivity contribution in [2.75, 3.05) is 13.6 Å². The number of likely N-dealkylation sites (N-methyl/N-ethyl adjacent to an activating group) is 1. The molecule has 0 atom stereocenters. The molecule has 0 aliphatic heterocycles. The van der Waals surface area contributed by atoms with Crippen molar-refractivity contribution < 1.29 is 0 Å². The third-order valence-corrected chi connectivity index (χ3v) is 4.68. The minimum absolute atomic E-state index is 0.282. The highest BCUT2D eigenvalue weighted by Crippen LogP contribution is 2.46. The Kier molecular flexibility index (Phi) is 3.12. The third kappa shape index (κ3) is 1.86. The molecule has 0 spiro atoms. The molecule has 0 saturated heterocycles. The van der Waals surface area contributed by atoms with Crippen molar-refractivity contribution in [1.29, 1.82) is 0 Å². The summed E-state index contributed by atoms with van der Waals surface area (Å²) in [4.78, 5) is 4.69. The van der Waals surface area contributed by atoms with Crippen molar-refractivity contribution in [2.24, 2.45) is 0 Å². The summed E-state index contributed by atoms with van der Waals surface area (Å²) in [5.74, 6) is 0. The third-order valence-electron chi connectivity index (χ3n) is 4.07. The first-order valence-corrected chi connectivity index (χ1v) is 7.25. The van der Waals surface area contributed by atoms with Crippen molar-refractivity contribution in [2.45, 2.75) is 24.7 Å². The van der Waals surface area contributed by atoms with Crippen molar-refractivity contribution >= 4 is 26.8 Å². The van der Waals surface area contributed by atoms with E-state index >= 15 is 0 Å². The van der Waals surface area contributed by atoms with Gasteiger partial charge in [0, 0.05) is 17.3 Å². The van der Waals surface area contributed by atoms with Gasteiger partial charge in [-0.15, -0.1) is 0 Å². The molecular weight excluding hydrogens is 288 g/mol. The number of pyridine rings is 1. The molecule has 3 heteroatoms. The second-order valence-electron chi connectivity index (χ2n) is 5.18. The zero-order valence-corrected chi connectivity index (χ0v) is 12.1. The fourth-order valence-corrected chi connectivity index (χ4v) is 3.67. The summed E-state index contributed by atoms with van der Waals surface area (Å²) in [5, 5.41) is 4.57. The zero-order valence-electron chi connectivity index (χ0n) is 10.5. The van der Waals surface area contributed by atoms with Crippen LogP contribution in [-0.4, -0.2) is 18.6 Å². The highest BCUT2D eigenvalue weighted by Gasteiger charge is 2.39. The van der Waals surface area contributed by atoms with Gasteiger partial charge in [-0.05, 0) is 53.5 Å². The molecule has 1 N–H and O–H groups in total.